The Morgan fingerprint density at radius 2 is 2.32 bits per heavy atom. The standard InChI is InChI=1S/C14H16BrNO3/c1-9-3-2-4-10(5-9)12(7-14(18)19)16-8-11(15)6-13(16)17/h2-5,11-12H,6-8H2,1H3,(H,18,19). The van der Waals surface area contributed by atoms with E-state index in [0.29, 0.717) is 13.0 Å². The molecule has 1 aromatic rings. The van der Waals surface area contributed by atoms with E-state index < -0.39 is 5.97 Å². The smallest absolute Gasteiger partial charge is 0.305 e. The van der Waals surface area contributed by atoms with E-state index >= 15 is 0 Å². The third-order valence-electron chi connectivity index (χ3n) is 3.28. The van der Waals surface area contributed by atoms with Crippen LogP contribution in [-0.2, 0) is 9.59 Å². The van der Waals surface area contributed by atoms with Crippen LogP contribution in [-0.4, -0.2) is 33.3 Å². The van der Waals surface area contributed by atoms with Crippen LogP contribution in [0.25, 0.3) is 0 Å². The van der Waals surface area contributed by atoms with Gasteiger partial charge >= 0.3 is 5.97 Å². The molecule has 4 nitrogen and oxygen atoms in total. The number of carbonyl (C=O) groups is 2. The van der Waals surface area contributed by atoms with Gasteiger partial charge in [0, 0.05) is 17.8 Å². The maximum Gasteiger partial charge on any atom is 0.305 e. The zero-order chi connectivity index (χ0) is 14.0. The van der Waals surface area contributed by atoms with E-state index in [1.807, 2.05) is 31.2 Å². The first-order chi connectivity index (χ1) is 8.97. The molecule has 19 heavy (non-hydrogen) atoms. The second kappa shape index (κ2) is 5.74. The van der Waals surface area contributed by atoms with Crippen molar-refractivity contribution in [3.63, 3.8) is 0 Å². The highest BCUT2D eigenvalue weighted by molar-refractivity contribution is 9.09. The van der Waals surface area contributed by atoms with Crippen LogP contribution in [0.5, 0.6) is 0 Å². The van der Waals surface area contributed by atoms with Gasteiger partial charge in [-0.25, -0.2) is 0 Å². The minimum Gasteiger partial charge on any atom is -0.481 e. The van der Waals surface area contributed by atoms with Crippen LogP contribution in [0.3, 0.4) is 0 Å². The molecule has 1 aromatic carbocycles. The summed E-state index contributed by atoms with van der Waals surface area (Å²) in [6.45, 7) is 2.52. The highest BCUT2D eigenvalue weighted by Crippen LogP contribution is 2.31. The van der Waals surface area contributed by atoms with Crippen LogP contribution >= 0.6 is 15.9 Å². The Bertz CT molecular complexity index is 503. The first-order valence-electron chi connectivity index (χ1n) is 6.19. The molecule has 1 amide bonds. The summed E-state index contributed by atoms with van der Waals surface area (Å²) in [5.74, 6) is -0.882. The number of amides is 1. The largest absolute Gasteiger partial charge is 0.481 e. The zero-order valence-corrected chi connectivity index (χ0v) is 12.3. The van der Waals surface area contributed by atoms with Crippen molar-refractivity contribution in [2.24, 2.45) is 0 Å². The van der Waals surface area contributed by atoms with Gasteiger partial charge in [0.15, 0.2) is 0 Å². The molecule has 0 aliphatic carbocycles. The molecular formula is C14H16BrNO3. The third kappa shape index (κ3) is 3.35. The van der Waals surface area contributed by atoms with Gasteiger partial charge in [0.1, 0.15) is 0 Å². The van der Waals surface area contributed by atoms with Crippen LogP contribution in [0.15, 0.2) is 24.3 Å². The van der Waals surface area contributed by atoms with E-state index in [2.05, 4.69) is 15.9 Å². The predicted molar refractivity (Wildman–Crippen MR) is 75.2 cm³/mol. The van der Waals surface area contributed by atoms with Gasteiger partial charge in [-0.05, 0) is 12.5 Å². The number of carboxylic acid groups (broad SMARTS) is 1. The van der Waals surface area contributed by atoms with Crippen LogP contribution in [0.2, 0.25) is 0 Å². The van der Waals surface area contributed by atoms with Gasteiger partial charge in [0.2, 0.25) is 5.91 Å². The SMILES string of the molecule is Cc1cccc(C(CC(=O)O)N2CC(Br)CC2=O)c1. The summed E-state index contributed by atoms with van der Waals surface area (Å²) in [6.07, 6.45) is 0.372. The van der Waals surface area contributed by atoms with E-state index in [1.54, 1.807) is 4.90 Å². The van der Waals surface area contributed by atoms with Crippen molar-refractivity contribution in [1.82, 2.24) is 4.90 Å². The quantitative estimate of drug-likeness (QED) is 0.865. The van der Waals surface area contributed by atoms with Crippen LogP contribution in [0.1, 0.15) is 30.0 Å². The average Bonchev–Trinajstić information content (AvgIpc) is 2.65. The van der Waals surface area contributed by atoms with Gasteiger partial charge < -0.3 is 10.0 Å². The Balaban J connectivity index is 2.30. The van der Waals surface area contributed by atoms with Crippen molar-refractivity contribution in [2.75, 3.05) is 6.54 Å². The van der Waals surface area contributed by atoms with Crippen molar-refractivity contribution in [1.29, 1.82) is 0 Å². The number of nitrogens with zero attached hydrogens (tertiary/aromatic N) is 1. The van der Waals surface area contributed by atoms with Crippen molar-refractivity contribution in [3.8, 4) is 0 Å². The Kier molecular flexibility index (Phi) is 4.24. The lowest BCUT2D eigenvalue weighted by molar-refractivity contribution is -0.139. The molecule has 1 aliphatic heterocycles. The monoisotopic (exact) mass is 325 g/mol. The fourth-order valence-corrected chi connectivity index (χ4v) is 3.03. The van der Waals surface area contributed by atoms with E-state index in [0.717, 1.165) is 11.1 Å². The average molecular weight is 326 g/mol. The van der Waals surface area contributed by atoms with Gasteiger partial charge in [-0.3, -0.25) is 9.59 Å². The molecule has 102 valence electrons. The second-order valence-corrected chi connectivity index (χ2v) is 6.17. The molecule has 0 radical (unpaired) electrons. The Labute approximate surface area is 120 Å². The summed E-state index contributed by atoms with van der Waals surface area (Å²) >= 11 is 3.43. The number of benzene rings is 1. The zero-order valence-electron chi connectivity index (χ0n) is 10.7. The summed E-state index contributed by atoms with van der Waals surface area (Å²) in [5.41, 5.74) is 1.95. The van der Waals surface area contributed by atoms with Gasteiger partial charge in [-0.2, -0.15) is 0 Å². The van der Waals surface area contributed by atoms with Crippen molar-refractivity contribution < 1.29 is 14.7 Å². The number of hydrogen-bond acceptors (Lipinski definition) is 2. The number of hydrogen-bond donors (Lipinski definition) is 1. The molecule has 1 aliphatic rings. The molecule has 1 heterocycles. The molecule has 0 spiro atoms. The van der Waals surface area contributed by atoms with Crippen molar-refractivity contribution >= 4 is 27.8 Å². The molecule has 2 atom stereocenters. The minimum absolute atomic E-state index is 0.00892. The first kappa shape index (κ1) is 14.1. The topological polar surface area (TPSA) is 57.6 Å². The molecule has 5 heteroatoms. The maximum atomic E-state index is 12.0. The molecule has 2 unspecified atom stereocenters. The summed E-state index contributed by atoms with van der Waals surface area (Å²) < 4.78 is 0. The lowest BCUT2D eigenvalue weighted by Gasteiger charge is -2.27. The van der Waals surface area contributed by atoms with E-state index in [4.69, 9.17) is 5.11 Å². The molecule has 2 rings (SSSR count). The summed E-state index contributed by atoms with van der Waals surface area (Å²) in [5, 5.41) is 9.08. The minimum atomic E-state index is -0.891. The third-order valence-corrected chi connectivity index (χ3v) is 3.90. The summed E-state index contributed by atoms with van der Waals surface area (Å²) in [6, 6.07) is 7.30. The number of carbonyl (C=O) groups excluding carboxylic acids is 1. The van der Waals surface area contributed by atoms with Crippen molar-refractivity contribution in [3.05, 3.63) is 35.4 Å². The van der Waals surface area contributed by atoms with Crippen LogP contribution in [0.4, 0.5) is 0 Å². The predicted octanol–water partition coefficient (Wildman–Crippen LogP) is 2.51. The summed E-state index contributed by atoms with van der Waals surface area (Å²) in [7, 11) is 0. The Hall–Kier alpha value is -1.36. The lowest BCUT2D eigenvalue weighted by atomic mass is 10.0. The second-order valence-electron chi connectivity index (χ2n) is 4.88. The van der Waals surface area contributed by atoms with Gasteiger partial charge in [-0.15, -0.1) is 0 Å². The number of aliphatic carboxylic acids is 1. The first-order valence-corrected chi connectivity index (χ1v) is 7.11. The van der Waals surface area contributed by atoms with Gasteiger partial charge in [-0.1, -0.05) is 45.8 Å². The molecule has 1 N–H and O–H groups in total. The van der Waals surface area contributed by atoms with E-state index in [9.17, 15) is 9.59 Å². The lowest BCUT2D eigenvalue weighted by Crippen LogP contribution is -2.32. The highest BCUT2D eigenvalue weighted by Gasteiger charge is 2.34. The highest BCUT2D eigenvalue weighted by atomic mass is 79.9. The molecule has 0 saturated carbocycles. The fourth-order valence-electron chi connectivity index (χ4n) is 2.44. The number of halogens is 1. The molecule has 0 bridgehead atoms. The molecule has 1 fully saturated rings. The van der Waals surface area contributed by atoms with E-state index in [-0.39, 0.29) is 23.2 Å². The number of likely N-dealkylation sites (tertiary alicyclic amines) is 1. The maximum absolute atomic E-state index is 12.0. The number of carboxylic acids is 1. The fraction of sp³-hybridized carbons (Fsp3) is 0.429. The van der Waals surface area contributed by atoms with Crippen LogP contribution < -0.4 is 0 Å². The van der Waals surface area contributed by atoms with E-state index in [1.165, 1.54) is 0 Å². The molecular weight excluding hydrogens is 310 g/mol. The normalized spacial score (nSPS) is 20.6. The Morgan fingerprint density at radius 3 is 2.84 bits per heavy atom. The van der Waals surface area contributed by atoms with Gasteiger partial charge in [0.05, 0.1) is 12.5 Å². The molecule has 0 aromatic heterocycles. The number of rotatable bonds is 4. The number of aryl methyl sites for hydroxylation is 1. The summed E-state index contributed by atoms with van der Waals surface area (Å²) in [4.78, 5) is 24.8. The number of alkyl halides is 1. The van der Waals surface area contributed by atoms with Crippen LogP contribution in [0, 0.1) is 6.92 Å². The van der Waals surface area contributed by atoms with Crippen molar-refractivity contribution in [2.45, 2.75) is 30.6 Å². The Morgan fingerprint density at radius 1 is 1.58 bits per heavy atom. The molecule has 1 saturated heterocycles. The van der Waals surface area contributed by atoms with Gasteiger partial charge in [0.25, 0.3) is 0 Å².